The minimum Gasteiger partial charge on any atom is -0.310 e. The average molecular weight is 100 g/mol. The van der Waals surface area contributed by atoms with E-state index in [0.29, 0.717) is 0 Å². The maximum Gasteiger partial charge on any atom is 0.216 e. The number of carbonyl (C=O) groups excluding carboxylic acids is 1. The summed E-state index contributed by atoms with van der Waals surface area (Å²) in [6.45, 7) is 1.94. The first-order valence-electron chi connectivity index (χ1n) is 2.40. The SMILES string of the molecule is CCC([C]=O)NC. The molecule has 0 aromatic rings. The van der Waals surface area contributed by atoms with Gasteiger partial charge in [0.25, 0.3) is 0 Å². The van der Waals surface area contributed by atoms with E-state index in [4.69, 9.17) is 0 Å². The number of likely N-dealkylation sites (N-methyl/N-ethyl adjacent to an activating group) is 1. The topological polar surface area (TPSA) is 29.1 Å². The van der Waals surface area contributed by atoms with Crippen LogP contribution in [0.15, 0.2) is 0 Å². The van der Waals surface area contributed by atoms with Crippen molar-refractivity contribution in [2.75, 3.05) is 7.05 Å². The molecule has 0 aromatic carbocycles. The Morgan fingerprint density at radius 1 is 1.86 bits per heavy atom. The van der Waals surface area contributed by atoms with Gasteiger partial charge in [-0.25, -0.2) is 0 Å². The van der Waals surface area contributed by atoms with E-state index in [1.165, 1.54) is 0 Å². The summed E-state index contributed by atoms with van der Waals surface area (Å²) in [4.78, 5) is 9.78. The second-order valence-electron chi connectivity index (χ2n) is 1.37. The van der Waals surface area contributed by atoms with E-state index in [2.05, 4.69) is 5.32 Å². The van der Waals surface area contributed by atoms with Gasteiger partial charge in [-0.1, -0.05) is 6.92 Å². The minimum atomic E-state index is -0.0694. The largest absolute Gasteiger partial charge is 0.310 e. The summed E-state index contributed by atoms with van der Waals surface area (Å²) in [5.74, 6) is 0. The molecule has 0 saturated carbocycles. The third-order valence-corrected chi connectivity index (χ3v) is 0.899. The van der Waals surface area contributed by atoms with Gasteiger partial charge in [0.1, 0.15) is 0 Å². The summed E-state index contributed by atoms with van der Waals surface area (Å²) >= 11 is 0. The van der Waals surface area contributed by atoms with Gasteiger partial charge in [-0.3, -0.25) is 4.79 Å². The molecule has 0 aromatic heterocycles. The van der Waals surface area contributed by atoms with Crippen molar-refractivity contribution >= 4 is 6.29 Å². The van der Waals surface area contributed by atoms with E-state index < -0.39 is 0 Å². The monoisotopic (exact) mass is 100 g/mol. The van der Waals surface area contributed by atoms with Crippen LogP contribution < -0.4 is 5.32 Å². The zero-order valence-electron chi connectivity index (χ0n) is 4.69. The number of rotatable bonds is 3. The summed E-state index contributed by atoms with van der Waals surface area (Å²) in [6, 6.07) is -0.0694. The van der Waals surface area contributed by atoms with E-state index in [9.17, 15) is 4.79 Å². The van der Waals surface area contributed by atoms with Crippen molar-refractivity contribution < 1.29 is 4.79 Å². The van der Waals surface area contributed by atoms with Crippen LogP contribution in [0.3, 0.4) is 0 Å². The first-order valence-corrected chi connectivity index (χ1v) is 2.40. The zero-order valence-corrected chi connectivity index (χ0v) is 4.69. The molecule has 0 spiro atoms. The molecule has 0 heterocycles. The van der Waals surface area contributed by atoms with Gasteiger partial charge in [0.15, 0.2) is 0 Å². The van der Waals surface area contributed by atoms with Gasteiger partial charge in [0.2, 0.25) is 6.29 Å². The van der Waals surface area contributed by atoms with Gasteiger partial charge in [-0.2, -0.15) is 0 Å². The lowest BCUT2D eigenvalue weighted by Gasteiger charge is -1.99. The highest BCUT2D eigenvalue weighted by Crippen LogP contribution is 1.80. The Labute approximate surface area is 43.9 Å². The molecule has 1 radical (unpaired) electrons. The Morgan fingerprint density at radius 3 is 2.43 bits per heavy atom. The molecule has 0 saturated heterocycles. The minimum absolute atomic E-state index is 0.0694. The van der Waals surface area contributed by atoms with Crippen LogP contribution in [0.1, 0.15) is 13.3 Å². The number of nitrogens with one attached hydrogen (secondary N) is 1. The van der Waals surface area contributed by atoms with Crippen molar-refractivity contribution in [1.29, 1.82) is 0 Å². The van der Waals surface area contributed by atoms with Crippen molar-refractivity contribution in [1.82, 2.24) is 5.32 Å². The van der Waals surface area contributed by atoms with E-state index in [-0.39, 0.29) is 6.04 Å². The second kappa shape index (κ2) is 3.81. The fraction of sp³-hybridized carbons (Fsp3) is 0.800. The molecular formula is C5H10NO. The number of hydrogen-bond donors (Lipinski definition) is 1. The fourth-order valence-corrected chi connectivity index (χ4v) is 0.346. The predicted molar refractivity (Wildman–Crippen MR) is 28.8 cm³/mol. The van der Waals surface area contributed by atoms with Crippen molar-refractivity contribution in [2.24, 2.45) is 0 Å². The summed E-state index contributed by atoms with van der Waals surface area (Å²) in [7, 11) is 1.75. The van der Waals surface area contributed by atoms with Crippen molar-refractivity contribution in [3.63, 3.8) is 0 Å². The molecule has 0 aliphatic rings. The van der Waals surface area contributed by atoms with Crippen molar-refractivity contribution in [3.8, 4) is 0 Å². The van der Waals surface area contributed by atoms with Gasteiger partial charge < -0.3 is 5.32 Å². The molecule has 41 valence electrons. The van der Waals surface area contributed by atoms with E-state index in [1.54, 1.807) is 7.05 Å². The highest BCUT2D eigenvalue weighted by molar-refractivity contribution is 5.58. The molecule has 0 aliphatic carbocycles. The third-order valence-electron chi connectivity index (χ3n) is 0.899. The maximum absolute atomic E-state index is 9.78. The van der Waals surface area contributed by atoms with Gasteiger partial charge >= 0.3 is 0 Å². The molecular weight excluding hydrogens is 90.1 g/mol. The summed E-state index contributed by atoms with van der Waals surface area (Å²) in [5.41, 5.74) is 0. The van der Waals surface area contributed by atoms with E-state index >= 15 is 0 Å². The Balaban J connectivity index is 3.16. The predicted octanol–water partition coefficient (Wildman–Crippen LogP) is 0.0941. The molecule has 0 bridgehead atoms. The molecule has 2 heteroatoms. The van der Waals surface area contributed by atoms with Crippen LogP contribution in [0.5, 0.6) is 0 Å². The van der Waals surface area contributed by atoms with Crippen LogP contribution in [0.4, 0.5) is 0 Å². The van der Waals surface area contributed by atoms with Crippen LogP contribution in [0, 0.1) is 0 Å². The van der Waals surface area contributed by atoms with Crippen molar-refractivity contribution in [2.45, 2.75) is 19.4 Å². The third kappa shape index (κ3) is 2.34. The molecule has 1 unspecified atom stereocenters. The first kappa shape index (κ1) is 6.63. The van der Waals surface area contributed by atoms with Crippen LogP contribution in [-0.4, -0.2) is 19.4 Å². The van der Waals surface area contributed by atoms with Gasteiger partial charge in [-0.05, 0) is 13.5 Å². The van der Waals surface area contributed by atoms with E-state index in [1.807, 2.05) is 13.2 Å². The standard InChI is InChI=1S/C5H10NO/c1-3-5(4-7)6-2/h5-6H,3H2,1-2H3. The highest BCUT2D eigenvalue weighted by atomic mass is 16.1. The van der Waals surface area contributed by atoms with E-state index in [0.717, 1.165) is 6.42 Å². The quantitative estimate of drug-likeness (QED) is 0.544. The van der Waals surface area contributed by atoms with Gasteiger partial charge in [0, 0.05) is 0 Å². The van der Waals surface area contributed by atoms with Crippen molar-refractivity contribution in [3.05, 3.63) is 0 Å². The molecule has 1 atom stereocenters. The lowest BCUT2D eigenvalue weighted by molar-refractivity contribution is 0.523. The average Bonchev–Trinajstić information content (AvgIpc) is 1.72. The fourth-order valence-electron chi connectivity index (χ4n) is 0.346. The van der Waals surface area contributed by atoms with Gasteiger partial charge in [0.05, 0.1) is 6.04 Å². The van der Waals surface area contributed by atoms with Crippen LogP contribution in [0.25, 0.3) is 0 Å². The normalized spacial score (nSPS) is 13.4. The second-order valence-corrected chi connectivity index (χ2v) is 1.37. The maximum atomic E-state index is 9.78. The lowest BCUT2D eigenvalue weighted by Crippen LogP contribution is -2.24. The number of hydrogen-bond acceptors (Lipinski definition) is 2. The molecule has 0 fully saturated rings. The lowest BCUT2D eigenvalue weighted by atomic mass is 10.3. The molecule has 1 N–H and O–H groups in total. The zero-order chi connectivity index (χ0) is 5.70. The summed E-state index contributed by atoms with van der Waals surface area (Å²) in [5, 5.41) is 2.78. The Hall–Kier alpha value is -0.370. The Bertz CT molecular complexity index is 50.0. The Morgan fingerprint density at radius 2 is 2.43 bits per heavy atom. The highest BCUT2D eigenvalue weighted by Gasteiger charge is 1.96. The summed E-state index contributed by atoms with van der Waals surface area (Å²) in [6.07, 6.45) is 2.66. The van der Waals surface area contributed by atoms with Crippen LogP contribution >= 0.6 is 0 Å². The first-order chi connectivity index (χ1) is 3.35. The molecule has 0 rings (SSSR count). The molecule has 7 heavy (non-hydrogen) atoms. The van der Waals surface area contributed by atoms with Gasteiger partial charge in [-0.15, -0.1) is 0 Å². The molecule has 0 amide bonds. The van der Waals surface area contributed by atoms with Crippen LogP contribution in [0.2, 0.25) is 0 Å². The summed E-state index contributed by atoms with van der Waals surface area (Å²) < 4.78 is 0. The Kier molecular flexibility index (Phi) is 3.61. The smallest absolute Gasteiger partial charge is 0.216 e. The van der Waals surface area contributed by atoms with Crippen LogP contribution in [-0.2, 0) is 4.79 Å². The molecule has 2 nitrogen and oxygen atoms in total. The molecule has 0 aliphatic heterocycles.